The summed E-state index contributed by atoms with van der Waals surface area (Å²) in [5, 5.41) is 11.9. The van der Waals surface area contributed by atoms with Gasteiger partial charge < -0.3 is 35.5 Å². The minimum Gasteiger partial charge on any atom is -0.444 e. The molecule has 2 aliphatic heterocycles. The number of nitrogens with one attached hydrogen (secondary N) is 4. The van der Waals surface area contributed by atoms with Crippen molar-refractivity contribution in [2.45, 2.75) is 83.0 Å². The van der Waals surface area contributed by atoms with Crippen LogP contribution in [0.15, 0.2) is 42.9 Å². The van der Waals surface area contributed by atoms with Crippen LogP contribution >= 0.6 is 11.6 Å². The van der Waals surface area contributed by atoms with Crippen LogP contribution in [0, 0.1) is 0 Å². The topological polar surface area (TPSA) is 128 Å². The van der Waals surface area contributed by atoms with E-state index in [0.717, 1.165) is 56.0 Å². The molecule has 250 valence electrons. The standard InChI is InChI=1S/C34H49ClN8O3/c1-24(40-28(25-6-8-26(35)9-7-25)12-18-42-21-16-36-17-22-42)5-10-29(44)34(41-32(45)46-33(2,3)4)13-19-43(20-14-34)31-27-11-15-37-30(27)38-23-39-31/h6-9,11,15,23-24,28,36,40H,5,10,12-14,16-22H2,1-4H3,(H,41,45)(H,37,38,39)/t24?,28-/m0/s1. The Balaban J connectivity index is 1.24. The molecule has 1 unspecified atom stereocenters. The van der Waals surface area contributed by atoms with E-state index in [0.29, 0.717) is 43.8 Å². The highest BCUT2D eigenvalue weighted by atomic mass is 35.5. The summed E-state index contributed by atoms with van der Waals surface area (Å²) in [5.41, 5.74) is 0.279. The first-order chi connectivity index (χ1) is 22.0. The van der Waals surface area contributed by atoms with Crippen molar-refractivity contribution in [1.29, 1.82) is 0 Å². The highest BCUT2D eigenvalue weighted by Crippen LogP contribution is 2.31. The summed E-state index contributed by atoms with van der Waals surface area (Å²) in [6.45, 7) is 13.9. The molecule has 0 saturated carbocycles. The number of H-pyrrole nitrogens is 1. The average molecular weight is 653 g/mol. The Morgan fingerprint density at radius 1 is 1.04 bits per heavy atom. The summed E-state index contributed by atoms with van der Waals surface area (Å²) in [6.07, 6.45) is 5.70. The molecule has 4 heterocycles. The fourth-order valence-electron chi connectivity index (χ4n) is 6.48. The van der Waals surface area contributed by atoms with E-state index < -0.39 is 17.2 Å². The lowest BCUT2D eigenvalue weighted by Crippen LogP contribution is -2.61. The van der Waals surface area contributed by atoms with Gasteiger partial charge in [-0.2, -0.15) is 0 Å². The second kappa shape index (κ2) is 15.1. The van der Waals surface area contributed by atoms with E-state index in [1.165, 1.54) is 5.56 Å². The average Bonchev–Trinajstić information content (AvgIpc) is 3.52. The summed E-state index contributed by atoms with van der Waals surface area (Å²) in [4.78, 5) is 43.8. The third kappa shape index (κ3) is 8.96. The maximum absolute atomic E-state index is 14.1. The van der Waals surface area contributed by atoms with E-state index in [2.05, 4.69) is 59.8 Å². The zero-order chi connectivity index (χ0) is 32.7. The number of alkyl carbamates (subject to hydrolysis) is 1. The van der Waals surface area contributed by atoms with Gasteiger partial charge in [0.25, 0.3) is 0 Å². The van der Waals surface area contributed by atoms with E-state index in [1.54, 1.807) is 6.33 Å². The van der Waals surface area contributed by atoms with Crippen LogP contribution in [0.4, 0.5) is 10.6 Å². The second-order valence-electron chi connectivity index (χ2n) is 13.6. The zero-order valence-corrected chi connectivity index (χ0v) is 28.3. The number of piperazine rings is 1. The molecule has 12 heteroatoms. The van der Waals surface area contributed by atoms with Gasteiger partial charge in [0.05, 0.1) is 5.39 Å². The molecule has 5 rings (SSSR count). The Kier molecular flexibility index (Phi) is 11.2. The molecule has 0 spiro atoms. The van der Waals surface area contributed by atoms with Gasteiger partial charge in [0, 0.05) is 75.5 Å². The number of Topliss-reactive ketones (excluding diaryl/α,β-unsaturated/α-hetero) is 1. The third-order valence-electron chi connectivity index (χ3n) is 9.03. The number of carbonyl (C=O) groups is 2. The SMILES string of the molecule is CC(CCC(=O)C1(NC(=O)OC(C)(C)C)CCN(c2ncnc3[nH]ccc23)CC1)N[C@@H](CCN1CCNCC1)c1ccc(Cl)cc1. The largest absolute Gasteiger partial charge is 0.444 e. The van der Waals surface area contributed by atoms with Gasteiger partial charge in [0.1, 0.15) is 28.9 Å². The van der Waals surface area contributed by atoms with E-state index >= 15 is 0 Å². The Morgan fingerprint density at radius 2 is 1.76 bits per heavy atom. The number of anilines is 1. The highest BCUT2D eigenvalue weighted by molar-refractivity contribution is 6.30. The van der Waals surface area contributed by atoms with Crippen molar-refractivity contribution in [3.05, 3.63) is 53.4 Å². The summed E-state index contributed by atoms with van der Waals surface area (Å²) in [5.74, 6) is 0.862. The van der Waals surface area contributed by atoms with Gasteiger partial charge in [0.15, 0.2) is 5.78 Å². The van der Waals surface area contributed by atoms with Gasteiger partial charge >= 0.3 is 6.09 Å². The maximum Gasteiger partial charge on any atom is 0.408 e. The number of aromatic nitrogens is 3. The van der Waals surface area contributed by atoms with Gasteiger partial charge in [0.2, 0.25) is 0 Å². The van der Waals surface area contributed by atoms with Crippen LogP contribution in [-0.4, -0.2) is 94.7 Å². The smallest absolute Gasteiger partial charge is 0.408 e. The molecule has 1 aromatic carbocycles. The number of aromatic amines is 1. The summed E-state index contributed by atoms with van der Waals surface area (Å²) < 4.78 is 5.62. The second-order valence-corrected chi connectivity index (χ2v) is 14.1. The fraction of sp³-hybridized carbons (Fsp3) is 0.588. The number of fused-ring (bicyclic) bond motifs is 1. The molecule has 3 aromatic rings. The van der Waals surface area contributed by atoms with Crippen LogP contribution in [0.5, 0.6) is 0 Å². The first-order valence-corrected chi connectivity index (χ1v) is 16.9. The number of hydrogen-bond donors (Lipinski definition) is 4. The first-order valence-electron chi connectivity index (χ1n) is 16.5. The maximum atomic E-state index is 14.1. The zero-order valence-electron chi connectivity index (χ0n) is 27.6. The van der Waals surface area contributed by atoms with Crippen molar-refractivity contribution >= 4 is 40.3 Å². The molecule has 2 atom stereocenters. The monoisotopic (exact) mass is 652 g/mol. The van der Waals surface area contributed by atoms with Crippen molar-refractivity contribution in [1.82, 2.24) is 35.8 Å². The summed E-state index contributed by atoms with van der Waals surface area (Å²) >= 11 is 6.21. The molecule has 46 heavy (non-hydrogen) atoms. The lowest BCUT2D eigenvalue weighted by molar-refractivity contribution is -0.126. The lowest BCUT2D eigenvalue weighted by Gasteiger charge is -2.42. The molecule has 2 aliphatic rings. The summed E-state index contributed by atoms with van der Waals surface area (Å²) in [6, 6.07) is 10.2. The van der Waals surface area contributed by atoms with Gasteiger partial charge in [-0.05, 0) is 77.1 Å². The number of amides is 1. The number of ether oxygens (including phenoxy) is 1. The van der Waals surface area contributed by atoms with E-state index in [-0.39, 0.29) is 17.9 Å². The Labute approximate surface area is 277 Å². The number of nitrogens with zero attached hydrogens (tertiary/aromatic N) is 4. The molecular weight excluding hydrogens is 604 g/mol. The number of halogens is 1. The Hall–Kier alpha value is -3.25. The fourth-order valence-corrected chi connectivity index (χ4v) is 6.61. The normalized spacial score (nSPS) is 18.7. The van der Waals surface area contributed by atoms with Gasteiger partial charge in [-0.25, -0.2) is 14.8 Å². The van der Waals surface area contributed by atoms with Crippen LogP contribution in [0.25, 0.3) is 11.0 Å². The van der Waals surface area contributed by atoms with E-state index in [9.17, 15) is 9.59 Å². The number of piperidine rings is 1. The molecular formula is C34H49ClN8O3. The molecule has 0 bridgehead atoms. The number of hydrogen-bond acceptors (Lipinski definition) is 9. The quantitative estimate of drug-likeness (QED) is 0.217. The number of rotatable bonds is 12. The number of benzene rings is 1. The minimum atomic E-state index is -1.01. The molecule has 2 aromatic heterocycles. The molecule has 11 nitrogen and oxygen atoms in total. The van der Waals surface area contributed by atoms with Gasteiger partial charge in [-0.15, -0.1) is 0 Å². The molecule has 0 aliphatic carbocycles. The lowest BCUT2D eigenvalue weighted by atomic mass is 9.81. The van der Waals surface area contributed by atoms with E-state index in [4.69, 9.17) is 16.3 Å². The van der Waals surface area contributed by atoms with E-state index in [1.807, 2.05) is 45.2 Å². The Bertz CT molecular complexity index is 1440. The summed E-state index contributed by atoms with van der Waals surface area (Å²) in [7, 11) is 0. The molecule has 2 saturated heterocycles. The van der Waals surface area contributed by atoms with Crippen molar-refractivity contribution in [3.63, 3.8) is 0 Å². The molecule has 2 fully saturated rings. The van der Waals surface area contributed by atoms with Crippen LogP contribution in [0.1, 0.15) is 71.4 Å². The van der Waals surface area contributed by atoms with Crippen molar-refractivity contribution in [3.8, 4) is 0 Å². The van der Waals surface area contributed by atoms with Crippen LogP contribution in [0.3, 0.4) is 0 Å². The van der Waals surface area contributed by atoms with Crippen molar-refractivity contribution in [2.24, 2.45) is 0 Å². The molecule has 1 amide bonds. The predicted molar refractivity (Wildman–Crippen MR) is 182 cm³/mol. The first kappa shape index (κ1) is 34.1. The molecule has 0 radical (unpaired) electrons. The van der Waals surface area contributed by atoms with Crippen molar-refractivity contribution in [2.75, 3.05) is 50.7 Å². The Morgan fingerprint density at radius 3 is 2.46 bits per heavy atom. The number of carbonyl (C=O) groups excluding carboxylic acids is 2. The van der Waals surface area contributed by atoms with Crippen LogP contribution < -0.4 is 20.9 Å². The number of ketones is 1. The predicted octanol–water partition coefficient (Wildman–Crippen LogP) is 4.84. The highest BCUT2D eigenvalue weighted by Gasteiger charge is 2.43. The molecule has 4 N–H and O–H groups in total. The van der Waals surface area contributed by atoms with Gasteiger partial charge in [-0.1, -0.05) is 23.7 Å². The van der Waals surface area contributed by atoms with Crippen LogP contribution in [-0.2, 0) is 9.53 Å². The third-order valence-corrected chi connectivity index (χ3v) is 9.28. The van der Waals surface area contributed by atoms with Gasteiger partial charge in [-0.3, -0.25) is 4.79 Å². The van der Waals surface area contributed by atoms with Crippen LogP contribution in [0.2, 0.25) is 5.02 Å². The minimum absolute atomic E-state index is 0.0324. The van der Waals surface area contributed by atoms with Crippen molar-refractivity contribution < 1.29 is 14.3 Å².